The zero-order chi connectivity index (χ0) is 20.0. The lowest BCUT2D eigenvalue weighted by atomic mass is 9.99. The van der Waals surface area contributed by atoms with Crippen molar-refractivity contribution in [3.05, 3.63) is 64.6 Å². The summed E-state index contributed by atoms with van der Waals surface area (Å²) in [6, 6.07) is 17.3. The van der Waals surface area contributed by atoms with Crippen LogP contribution in [0.4, 0.5) is 5.69 Å². The molecule has 1 amide bonds. The molecule has 1 aliphatic heterocycles. The topological polar surface area (TPSA) is 66.5 Å². The number of nitrogens with zero attached hydrogens (tertiary/aromatic N) is 1. The van der Waals surface area contributed by atoms with Crippen molar-refractivity contribution >= 4 is 37.5 Å². The van der Waals surface area contributed by atoms with Gasteiger partial charge >= 0.3 is 0 Å². The SMILES string of the molecule is O=C(Nc1ccccc1Br)[C@@H]1CCCN(S(=O)(=O)CCCc2ccccc2)C1. The first-order chi connectivity index (χ1) is 13.5. The smallest absolute Gasteiger partial charge is 0.228 e. The van der Waals surface area contributed by atoms with E-state index in [2.05, 4.69) is 21.2 Å². The maximum atomic E-state index is 12.7. The van der Waals surface area contributed by atoms with Gasteiger partial charge in [-0.1, -0.05) is 42.5 Å². The lowest BCUT2D eigenvalue weighted by Gasteiger charge is -2.31. The highest BCUT2D eigenvalue weighted by molar-refractivity contribution is 9.10. The fourth-order valence-corrected chi connectivity index (χ4v) is 5.40. The van der Waals surface area contributed by atoms with Crippen LogP contribution < -0.4 is 5.32 Å². The van der Waals surface area contributed by atoms with E-state index < -0.39 is 10.0 Å². The van der Waals surface area contributed by atoms with E-state index in [9.17, 15) is 13.2 Å². The molecule has 0 saturated carbocycles. The van der Waals surface area contributed by atoms with Crippen molar-refractivity contribution in [1.29, 1.82) is 0 Å². The van der Waals surface area contributed by atoms with Crippen molar-refractivity contribution in [3.63, 3.8) is 0 Å². The van der Waals surface area contributed by atoms with E-state index in [0.29, 0.717) is 31.5 Å². The number of halogens is 1. The van der Waals surface area contributed by atoms with Crippen LogP contribution in [-0.2, 0) is 21.2 Å². The second kappa shape index (κ2) is 9.67. The maximum absolute atomic E-state index is 12.7. The zero-order valence-electron chi connectivity index (χ0n) is 15.7. The van der Waals surface area contributed by atoms with Gasteiger partial charge in [-0.2, -0.15) is 0 Å². The quantitative estimate of drug-likeness (QED) is 0.671. The summed E-state index contributed by atoms with van der Waals surface area (Å²) in [5.74, 6) is -0.346. The Kier molecular flexibility index (Phi) is 7.26. The van der Waals surface area contributed by atoms with Crippen molar-refractivity contribution in [3.8, 4) is 0 Å². The third-order valence-electron chi connectivity index (χ3n) is 4.99. The Morgan fingerprint density at radius 2 is 1.82 bits per heavy atom. The number of carbonyl (C=O) groups excluding carboxylic acids is 1. The maximum Gasteiger partial charge on any atom is 0.228 e. The number of piperidine rings is 1. The summed E-state index contributed by atoms with van der Waals surface area (Å²) < 4.78 is 27.8. The predicted molar refractivity (Wildman–Crippen MR) is 116 cm³/mol. The first-order valence-electron chi connectivity index (χ1n) is 9.53. The number of para-hydroxylation sites is 1. The van der Waals surface area contributed by atoms with Gasteiger partial charge in [0.1, 0.15) is 0 Å². The molecule has 150 valence electrons. The molecule has 0 aliphatic carbocycles. The Hall–Kier alpha value is -1.70. The zero-order valence-corrected chi connectivity index (χ0v) is 18.1. The van der Waals surface area contributed by atoms with Gasteiger partial charge in [-0.15, -0.1) is 0 Å². The van der Waals surface area contributed by atoms with Crippen LogP contribution in [0.2, 0.25) is 0 Å². The number of hydrogen-bond donors (Lipinski definition) is 1. The summed E-state index contributed by atoms with van der Waals surface area (Å²) in [4.78, 5) is 12.6. The average molecular weight is 465 g/mol. The van der Waals surface area contributed by atoms with Crippen LogP contribution in [0.5, 0.6) is 0 Å². The minimum absolute atomic E-state index is 0.112. The molecule has 0 spiro atoms. The molecular formula is C21H25BrN2O3S. The molecule has 1 heterocycles. The molecule has 1 fully saturated rings. The monoisotopic (exact) mass is 464 g/mol. The Labute approximate surface area is 175 Å². The molecule has 0 unspecified atom stereocenters. The lowest BCUT2D eigenvalue weighted by Crippen LogP contribution is -2.44. The molecule has 28 heavy (non-hydrogen) atoms. The largest absolute Gasteiger partial charge is 0.325 e. The molecule has 0 bridgehead atoms. The van der Waals surface area contributed by atoms with Crippen molar-refractivity contribution in [1.82, 2.24) is 4.31 Å². The summed E-state index contributed by atoms with van der Waals surface area (Å²) in [6.45, 7) is 0.746. The van der Waals surface area contributed by atoms with Crippen molar-refractivity contribution in [2.45, 2.75) is 25.7 Å². The average Bonchev–Trinajstić information content (AvgIpc) is 2.70. The molecule has 5 nitrogen and oxygen atoms in total. The van der Waals surface area contributed by atoms with Crippen LogP contribution >= 0.6 is 15.9 Å². The van der Waals surface area contributed by atoms with E-state index in [4.69, 9.17) is 0 Å². The van der Waals surface area contributed by atoms with Gasteiger partial charge in [0.25, 0.3) is 0 Å². The summed E-state index contributed by atoms with van der Waals surface area (Å²) >= 11 is 3.42. The molecule has 3 rings (SSSR count). The van der Waals surface area contributed by atoms with Gasteiger partial charge in [-0.3, -0.25) is 4.79 Å². The number of carbonyl (C=O) groups is 1. The highest BCUT2D eigenvalue weighted by atomic mass is 79.9. The van der Waals surface area contributed by atoms with Crippen LogP contribution in [0.3, 0.4) is 0 Å². The van der Waals surface area contributed by atoms with E-state index in [1.54, 1.807) is 0 Å². The van der Waals surface area contributed by atoms with E-state index in [0.717, 1.165) is 16.5 Å². The van der Waals surface area contributed by atoms with Gasteiger partial charge in [-0.05, 0) is 59.3 Å². The highest BCUT2D eigenvalue weighted by Gasteiger charge is 2.32. The molecule has 7 heteroatoms. The number of anilines is 1. The molecule has 0 aromatic heterocycles. The first-order valence-corrected chi connectivity index (χ1v) is 11.9. The normalized spacial score (nSPS) is 18.0. The van der Waals surface area contributed by atoms with Crippen LogP contribution in [0.1, 0.15) is 24.8 Å². The number of rotatable bonds is 7. The Morgan fingerprint density at radius 1 is 1.11 bits per heavy atom. The van der Waals surface area contributed by atoms with Crippen LogP contribution in [-0.4, -0.2) is 37.5 Å². The van der Waals surface area contributed by atoms with Gasteiger partial charge in [0, 0.05) is 17.6 Å². The Morgan fingerprint density at radius 3 is 2.57 bits per heavy atom. The third kappa shape index (κ3) is 5.65. The minimum Gasteiger partial charge on any atom is -0.325 e. The summed E-state index contributed by atoms with van der Waals surface area (Å²) in [6.07, 6.45) is 2.72. The fraction of sp³-hybridized carbons (Fsp3) is 0.381. The molecular weight excluding hydrogens is 440 g/mol. The standard InChI is InChI=1S/C21H25BrN2O3S/c22-19-12-4-5-13-20(19)23-21(25)18-11-6-14-24(16-18)28(26,27)15-7-10-17-8-2-1-3-9-17/h1-5,8-9,12-13,18H,6-7,10-11,14-16H2,(H,23,25)/t18-/m1/s1. The van der Waals surface area contributed by atoms with Gasteiger partial charge in [0.15, 0.2) is 0 Å². The molecule has 1 N–H and O–H groups in total. The fourth-order valence-electron chi connectivity index (χ4n) is 3.44. The molecule has 1 aliphatic rings. The Bertz CT molecular complexity index is 903. The molecule has 2 aromatic rings. The number of benzene rings is 2. The number of hydrogen-bond acceptors (Lipinski definition) is 3. The van der Waals surface area contributed by atoms with E-state index in [-0.39, 0.29) is 24.1 Å². The first kappa shape index (κ1) is 21.0. The molecule has 1 atom stereocenters. The second-order valence-corrected chi connectivity index (χ2v) is 10.0. The van der Waals surface area contributed by atoms with Crippen molar-refractivity contribution in [2.24, 2.45) is 5.92 Å². The van der Waals surface area contributed by atoms with E-state index in [1.165, 1.54) is 4.31 Å². The highest BCUT2D eigenvalue weighted by Crippen LogP contribution is 2.25. The third-order valence-corrected chi connectivity index (χ3v) is 7.61. The number of amides is 1. The summed E-state index contributed by atoms with van der Waals surface area (Å²) in [5, 5.41) is 2.91. The van der Waals surface area contributed by atoms with Gasteiger partial charge in [0.05, 0.1) is 17.4 Å². The predicted octanol–water partition coefficient (Wildman–Crippen LogP) is 4.06. The van der Waals surface area contributed by atoms with E-state index in [1.807, 2.05) is 54.6 Å². The minimum atomic E-state index is -3.36. The Balaban J connectivity index is 1.55. The van der Waals surface area contributed by atoms with Gasteiger partial charge in [-0.25, -0.2) is 12.7 Å². The van der Waals surface area contributed by atoms with Gasteiger partial charge < -0.3 is 5.32 Å². The number of sulfonamides is 1. The molecule has 2 aromatic carbocycles. The second-order valence-electron chi connectivity index (χ2n) is 7.07. The van der Waals surface area contributed by atoms with E-state index >= 15 is 0 Å². The van der Waals surface area contributed by atoms with Crippen LogP contribution in [0.25, 0.3) is 0 Å². The van der Waals surface area contributed by atoms with Crippen molar-refractivity contribution in [2.75, 3.05) is 24.2 Å². The van der Waals surface area contributed by atoms with Crippen LogP contribution in [0, 0.1) is 5.92 Å². The number of nitrogens with one attached hydrogen (secondary N) is 1. The molecule has 0 radical (unpaired) electrons. The lowest BCUT2D eigenvalue weighted by molar-refractivity contribution is -0.120. The summed E-state index contributed by atoms with van der Waals surface area (Å²) in [7, 11) is -3.36. The van der Waals surface area contributed by atoms with Gasteiger partial charge in [0.2, 0.25) is 15.9 Å². The number of aryl methyl sites for hydroxylation is 1. The summed E-state index contributed by atoms with van der Waals surface area (Å²) in [5.41, 5.74) is 1.84. The van der Waals surface area contributed by atoms with Crippen LogP contribution in [0.15, 0.2) is 59.1 Å². The van der Waals surface area contributed by atoms with Crippen molar-refractivity contribution < 1.29 is 13.2 Å². The molecule has 1 saturated heterocycles.